The molecule has 0 spiro atoms. The third kappa shape index (κ3) is 4.00. The van der Waals surface area contributed by atoms with Gasteiger partial charge in [0.2, 0.25) is 0 Å². The van der Waals surface area contributed by atoms with Crippen molar-refractivity contribution in [1.82, 2.24) is 0 Å². The van der Waals surface area contributed by atoms with E-state index in [1.165, 1.54) is 11.1 Å². The molecule has 0 fully saturated rings. The van der Waals surface area contributed by atoms with Crippen LogP contribution in [0, 0.1) is 6.92 Å². The molecule has 19 heavy (non-hydrogen) atoms. The second-order valence-electron chi connectivity index (χ2n) is 4.42. The summed E-state index contributed by atoms with van der Waals surface area (Å²) in [6, 6.07) is 14.6. The number of aryl methyl sites for hydroxylation is 1. The van der Waals surface area contributed by atoms with Gasteiger partial charge in [0, 0.05) is 12.2 Å². The maximum atomic E-state index is 5.50. The Morgan fingerprint density at radius 2 is 2.00 bits per heavy atom. The lowest BCUT2D eigenvalue weighted by atomic mass is 10.2. The maximum Gasteiger partial charge on any atom is 0.133 e. The summed E-state index contributed by atoms with van der Waals surface area (Å²) in [7, 11) is 0. The molecule has 2 aromatic carbocycles. The van der Waals surface area contributed by atoms with Gasteiger partial charge >= 0.3 is 0 Å². The molecule has 0 saturated heterocycles. The van der Waals surface area contributed by atoms with Crippen LogP contribution in [0.3, 0.4) is 0 Å². The average molecular weight is 320 g/mol. The molecule has 2 aromatic rings. The van der Waals surface area contributed by atoms with Crippen LogP contribution in [0.25, 0.3) is 0 Å². The van der Waals surface area contributed by atoms with E-state index in [4.69, 9.17) is 4.74 Å². The van der Waals surface area contributed by atoms with Crippen molar-refractivity contribution in [2.75, 3.05) is 11.9 Å². The van der Waals surface area contributed by atoms with Gasteiger partial charge in [-0.3, -0.25) is 0 Å². The van der Waals surface area contributed by atoms with E-state index in [2.05, 4.69) is 64.6 Å². The van der Waals surface area contributed by atoms with Gasteiger partial charge in [-0.2, -0.15) is 0 Å². The zero-order valence-electron chi connectivity index (χ0n) is 11.2. The maximum absolute atomic E-state index is 5.50. The Bertz CT molecular complexity index is 554. The van der Waals surface area contributed by atoms with Gasteiger partial charge in [0.15, 0.2) is 0 Å². The predicted molar refractivity (Wildman–Crippen MR) is 83.8 cm³/mol. The van der Waals surface area contributed by atoms with Crippen LogP contribution in [0.4, 0.5) is 5.69 Å². The third-order valence-corrected chi connectivity index (χ3v) is 3.43. The number of halogens is 1. The van der Waals surface area contributed by atoms with Crippen molar-refractivity contribution < 1.29 is 4.74 Å². The zero-order chi connectivity index (χ0) is 13.7. The highest BCUT2D eigenvalue weighted by molar-refractivity contribution is 9.10. The molecule has 0 heterocycles. The van der Waals surface area contributed by atoms with E-state index in [1.807, 2.05) is 13.0 Å². The Morgan fingerprint density at radius 1 is 1.16 bits per heavy atom. The number of ether oxygens (including phenoxy) is 1. The largest absolute Gasteiger partial charge is 0.493 e. The van der Waals surface area contributed by atoms with Crippen LogP contribution in [0.15, 0.2) is 46.9 Å². The molecule has 0 saturated carbocycles. The standard InChI is InChI=1S/C16H18BrNO/c1-3-19-16-8-7-13(10-15(16)17)11-18-14-6-4-5-12(2)9-14/h4-10,18H,3,11H2,1-2H3. The molecule has 0 aromatic heterocycles. The molecule has 0 aliphatic heterocycles. The number of rotatable bonds is 5. The van der Waals surface area contributed by atoms with Crippen LogP contribution in [0.1, 0.15) is 18.1 Å². The van der Waals surface area contributed by atoms with Crippen molar-refractivity contribution in [2.24, 2.45) is 0 Å². The molecule has 0 amide bonds. The molecule has 1 N–H and O–H groups in total. The Balaban J connectivity index is 2.02. The SMILES string of the molecule is CCOc1ccc(CNc2cccc(C)c2)cc1Br. The van der Waals surface area contributed by atoms with E-state index in [9.17, 15) is 0 Å². The van der Waals surface area contributed by atoms with Gasteiger partial charge in [-0.05, 0) is 65.2 Å². The second-order valence-corrected chi connectivity index (χ2v) is 5.28. The fraction of sp³-hybridized carbons (Fsp3) is 0.250. The molecule has 3 heteroatoms. The van der Waals surface area contributed by atoms with Crippen LogP contribution in [-0.4, -0.2) is 6.61 Å². The van der Waals surface area contributed by atoms with Crippen molar-refractivity contribution in [2.45, 2.75) is 20.4 Å². The van der Waals surface area contributed by atoms with Gasteiger partial charge in [-0.25, -0.2) is 0 Å². The topological polar surface area (TPSA) is 21.3 Å². The van der Waals surface area contributed by atoms with E-state index in [0.717, 1.165) is 22.5 Å². The zero-order valence-corrected chi connectivity index (χ0v) is 12.8. The Kier molecular flexibility index (Phi) is 4.86. The number of hydrogen-bond acceptors (Lipinski definition) is 2. The molecule has 100 valence electrons. The normalized spacial score (nSPS) is 10.3. The second kappa shape index (κ2) is 6.62. The van der Waals surface area contributed by atoms with Gasteiger partial charge in [0.25, 0.3) is 0 Å². The first kappa shape index (κ1) is 13.9. The monoisotopic (exact) mass is 319 g/mol. The molecular formula is C16H18BrNO. The first-order valence-electron chi connectivity index (χ1n) is 6.41. The summed E-state index contributed by atoms with van der Waals surface area (Å²) in [6.07, 6.45) is 0. The van der Waals surface area contributed by atoms with Crippen molar-refractivity contribution in [1.29, 1.82) is 0 Å². The fourth-order valence-electron chi connectivity index (χ4n) is 1.89. The summed E-state index contributed by atoms with van der Waals surface area (Å²) in [5, 5.41) is 3.42. The minimum absolute atomic E-state index is 0.680. The molecule has 2 rings (SSSR count). The van der Waals surface area contributed by atoms with E-state index in [0.29, 0.717) is 6.61 Å². The van der Waals surface area contributed by atoms with Gasteiger partial charge < -0.3 is 10.1 Å². The highest BCUT2D eigenvalue weighted by Gasteiger charge is 2.02. The van der Waals surface area contributed by atoms with E-state index < -0.39 is 0 Å². The van der Waals surface area contributed by atoms with Gasteiger partial charge in [-0.15, -0.1) is 0 Å². The Hall–Kier alpha value is -1.48. The molecule has 0 atom stereocenters. The fourth-order valence-corrected chi connectivity index (χ4v) is 2.43. The van der Waals surface area contributed by atoms with Crippen molar-refractivity contribution in [3.8, 4) is 5.75 Å². The highest BCUT2D eigenvalue weighted by atomic mass is 79.9. The third-order valence-electron chi connectivity index (χ3n) is 2.81. The van der Waals surface area contributed by atoms with Crippen LogP contribution in [0.5, 0.6) is 5.75 Å². The summed E-state index contributed by atoms with van der Waals surface area (Å²) in [5.74, 6) is 0.891. The minimum Gasteiger partial charge on any atom is -0.493 e. The quantitative estimate of drug-likeness (QED) is 0.857. The Morgan fingerprint density at radius 3 is 2.68 bits per heavy atom. The number of hydrogen-bond donors (Lipinski definition) is 1. The van der Waals surface area contributed by atoms with Gasteiger partial charge in [0.05, 0.1) is 11.1 Å². The number of benzene rings is 2. The molecule has 0 aliphatic rings. The predicted octanol–water partition coefficient (Wildman–Crippen LogP) is 4.77. The highest BCUT2D eigenvalue weighted by Crippen LogP contribution is 2.26. The first-order valence-corrected chi connectivity index (χ1v) is 7.20. The summed E-state index contributed by atoms with van der Waals surface area (Å²) < 4.78 is 6.50. The van der Waals surface area contributed by atoms with E-state index in [1.54, 1.807) is 0 Å². The number of anilines is 1. The molecule has 2 nitrogen and oxygen atoms in total. The van der Waals surface area contributed by atoms with Crippen molar-refractivity contribution >= 4 is 21.6 Å². The van der Waals surface area contributed by atoms with E-state index in [-0.39, 0.29) is 0 Å². The summed E-state index contributed by atoms with van der Waals surface area (Å²) in [6.45, 7) is 5.56. The Labute approximate surface area is 122 Å². The lowest BCUT2D eigenvalue weighted by Gasteiger charge is -2.10. The van der Waals surface area contributed by atoms with Crippen LogP contribution in [0.2, 0.25) is 0 Å². The molecule has 0 bridgehead atoms. The summed E-state index contributed by atoms with van der Waals surface area (Å²) >= 11 is 3.53. The van der Waals surface area contributed by atoms with Crippen molar-refractivity contribution in [3.05, 3.63) is 58.1 Å². The number of nitrogens with one attached hydrogen (secondary N) is 1. The molecule has 0 aliphatic carbocycles. The smallest absolute Gasteiger partial charge is 0.133 e. The molecule has 0 unspecified atom stereocenters. The lowest BCUT2D eigenvalue weighted by molar-refractivity contribution is 0.338. The lowest BCUT2D eigenvalue weighted by Crippen LogP contribution is -2.00. The van der Waals surface area contributed by atoms with Crippen LogP contribution in [-0.2, 0) is 6.54 Å². The summed E-state index contributed by atoms with van der Waals surface area (Å²) in [4.78, 5) is 0. The molecular weight excluding hydrogens is 302 g/mol. The van der Waals surface area contributed by atoms with Gasteiger partial charge in [0.1, 0.15) is 5.75 Å². The minimum atomic E-state index is 0.680. The van der Waals surface area contributed by atoms with E-state index >= 15 is 0 Å². The van der Waals surface area contributed by atoms with Crippen LogP contribution < -0.4 is 10.1 Å². The van der Waals surface area contributed by atoms with Crippen molar-refractivity contribution in [3.63, 3.8) is 0 Å². The van der Waals surface area contributed by atoms with Gasteiger partial charge in [-0.1, -0.05) is 18.2 Å². The van der Waals surface area contributed by atoms with Crippen LogP contribution >= 0.6 is 15.9 Å². The average Bonchev–Trinajstić information content (AvgIpc) is 2.39. The summed E-state index contributed by atoms with van der Waals surface area (Å²) in [5.41, 5.74) is 3.62. The molecule has 0 radical (unpaired) electrons. The first-order chi connectivity index (χ1) is 9.19.